The highest BCUT2D eigenvalue weighted by atomic mass is 19.4. The monoisotopic (exact) mass is 659 g/mol. The van der Waals surface area contributed by atoms with E-state index in [1.54, 1.807) is 6.07 Å². The van der Waals surface area contributed by atoms with Crippen molar-refractivity contribution in [2.75, 3.05) is 31.1 Å². The number of alkyl halides is 3. The van der Waals surface area contributed by atoms with Crippen molar-refractivity contribution in [2.45, 2.75) is 70.1 Å². The van der Waals surface area contributed by atoms with Gasteiger partial charge in [0.05, 0.1) is 25.9 Å². The number of ether oxygens (including phenoxy) is 3. The van der Waals surface area contributed by atoms with Crippen molar-refractivity contribution in [3.05, 3.63) is 132 Å². The lowest BCUT2D eigenvalue weighted by atomic mass is 9.90. The van der Waals surface area contributed by atoms with Crippen LogP contribution in [0.1, 0.15) is 42.1 Å². The van der Waals surface area contributed by atoms with Gasteiger partial charge in [-0.25, -0.2) is 4.98 Å². The lowest BCUT2D eigenvalue weighted by Crippen LogP contribution is -2.63. The summed E-state index contributed by atoms with van der Waals surface area (Å²) < 4.78 is 60.5. The van der Waals surface area contributed by atoms with Gasteiger partial charge in [-0.2, -0.15) is 13.2 Å². The van der Waals surface area contributed by atoms with E-state index in [0.717, 1.165) is 42.1 Å². The first-order chi connectivity index (χ1) is 23.3. The van der Waals surface area contributed by atoms with Crippen molar-refractivity contribution in [1.82, 2.24) is 9.88 Å². The van der Waals surface area contributed by atoms with Crippen LogP contribution in [0, 0.1) is 5.92 Å². The van der Waals surface area contributed by atoms with E-state index in [4.69, 9.17) is 14.2 Å². The molecule has 6 nitrogen and oxygen atoms in total. The lowest BCUT2D eigenvalue weighted by molar-refractivity contribution is -0.202. The molecule has 0 N–H and O–H groups in total. The second-order valence-corrected chi connectivity index (χ2v) is 12.9. The van der Waals surface area contributed by atoms with Crippen LogP contribution >= 0.6 is 0 Å². The van der Waals surface area contributed by atoms with E-state index in [0.29, 0.717) is 45.3 Å². The second-order valence-electron chi connectivity index (χ2n) is 12.9. The number of hydrogen-bond acceptors (Lipinski definition) is 6. The summed E-state index contributed by atoms with van der Waals surface area (Å²) in [5, 5.41) is 0. The van der Waals surface area contributed by atoms with Crippen LogP contribution in [-0.4, -0.2) is 60.4 Å². The number of anilines is 1. The van der Waals surface area contributed by atoms with E-state index in [-0.39, 0.29) is 30.3 Å². The molecular weight excluding hydrogens is 615 g/mol. The fourth-order valence-electron chi connectivity index (χ4n) is 6.84. The van der Waals surface area contributed by atoms with E-state index in [1.165, 1.54) is 6.07 Å². The highest BCUT2D eigenvalue weighted by molar-refractivity contribution is 5.40. The molecular formula is C39H44F3N3O3. The van der Waals surface area contributed by atoms with Gasteiger partial charge in [0.2, 0.25) is 0 Å². The van der Waals surface area contributed by atoms with Crippen molar-refractivity contribution in [3.8, 4) is 0 Å². The molecule has 3 aromatic carbocycles. The van der Waals surface area contributed by atoms with Crippen LogP contribution < -0.4 is 4.90 Å². The molecule has 2 aliphatic rings. The molecule has 1 unspecified atom stereocenters. The molecule has 9 heteroatoms. The average Bonchev–Trinajstić information content (AvgIpc) is 3.12. The molecule has 4 aromatic rings. The highest BCUT2D eigenvalue weighted by Gasteiger charge is 2.45. The fourth-order valence-corrected chi connectivity index (χ4v) is 6.84. The standard InChI is InChI=1S/C39H44F3N3O3/c1-29-37(47-27-31-15-7-3-8-16-31)38(48-28-32-17-9-4-10-18-32)34(46-26-30-13-5-2-6-14-30)25-45(29)24-33-19-12-22-44(23-33)36-21-11-20-35(43-36)39(40,41)42/h2-11,13-18,20-21,29,33-34,37-38H,12,19,22-28H2,1H3/t29-,33?,34+,37-,38-/m1/s1. The normalized spacial score (nSPS) is 23.7. The Hall–Kier alpha value is -3.76. The van der Waals surface area contributed by atoms with E-state index in [2.05, 4.69) is 53.2 Å². The molecule has 2 aliphatic heterocycles. The average molecular weight is 660 g/mol. The van der Waals surface area contributed by atoms with Gasteiger partial charge in [0.25, 0.3) is 0 Å². The van der Waals surface area contributed by atoms with Crippen molar-refractivity contribution < 1.29 is 27.4 Å². The topological polar surface area (TPSA) is 47.1 Å². The molecule has 3 heterocycles. The third-order valence-corrected chi connectivity index (χ3v) is 9.39. The van der Waals surface area contributed by atoms with Crippen molar-refractivity contribution in [2.24, 2.45) is 5.92 Å². The molecule has 2 fully saturated rings. The van der Waals surface area contributed by atoms with Gasteiger partial charge in [0.15, 0.2) is 0 Å². The zero-order valence-corrected chi connectivity index (χ0v) is 27.3. The predicted octanol–water partition coefficient (Wildman–Crippen LogP) is 7.78. The molecule has 254 valence electrons. The molecule has 48 heavy (non-hydrogen) atoms. The van der Waals surface area contributed by atoms with Crippen LogP contribution in [0.5, 0.6) is 0 Å². The van der Waals surface area contributed by atoms with Gasteiger partial charge in [0, 0.05) is 32.2 Å². The molecule has 0 aliphatic carbocycles. The molecule has 5 atom stereocenters. The summed E-state index contributed by atoms with van der Waals surface area (Å²) in [6.07, 6.45) is -3.48. The molecule has 6 rings (SSSR count). The van der Waals surface area contributed by atoms with Crippen LogP contribution in [0.2, 0.25) is 0 Å². The smallest absolute Gasteiger partial charge is 0.369 e. The molecule has 0 saturated carbocycles. The number of pyridine rings is 1. The minimum Gasteiger partial charge on any atom is -0.369 e. The summed E-state index contributed by atoms with van der Waals surface area (Å²) in [5.74, 6) is 0.618. The van der Waals surface area contributed by atoms with Gasteiger partial charge in [0.1, 0.15) is 23.7 Å². The Labute approximate surface area is 281 Å². The van der Waals surface area contributed by atoms with Gasteiger partial charge in [-0.15, -0.1) is 0 Å². The Balaban J connectivity index is 1.22. The predicted molar refractivity (Wildman–Crippen MR) is 180 cm³/mol. The van der Waals surface area contributed by atoms with Gasteiger partial charge in [-0.05, 0) is 54.5 Å². The van der Waals surface area contributed by atoms with Crippen molar-refractivity contribution >= 4 is 5.82 Å². The van der Waals surface area contributed by atoms with Crippen molar-refractivity contribution in [3.63, 3.8) is 0 Å². The molecule has 2 saturated heterocycles. The third kappa shape index (κ3) is 9.02. The Morgan fingerprint density at radius 1 is 0.688 bits per heavy atom. The lowest BCUT2D eigenvalue weighted by Gasteiger charge is -2.49. The Morgan fingerprint density at radius 2 is 1.25 bits per heavy atom. The maximum absolute atomic E-state index is 13.4. The van der Waals surface area contributed by atoms with E-state index >= 15 is 0 Å². The van der Waals surface area contributed by atoms with E-state index in [1.807, 2.05) is 59.5 Å². The summed E-state index contributed by atoms with van der Waals surface area (Å²) >= 11 is 0. The van der Waals surface area contributed by atoms with Crippen molar-refractivity contribution in [1.29, 1.82) is 0 Å². The minimum absolute atomic E-state index is 0.00752. The maximum Gasteiger partial charge on any atom is 0.433 e. The molecule has 0 radical (unpaired) electrons. The summed E-state index contributed by atoms with van der Waals surface area (Å²) in [7, 11) is 0. The quantitative estimate of drug-likeness (QED) is 0.155. The van der Waals surface area contributed by atoms with Gasteiger partial charge in [-0.3, -0.25) is 4.90 Å². The SMILES string of the molecule is C[C@@H]1[C@@H](OCc2ccccc2)[C@H](OCc2ccccc2)[C@@H](OCc2ccccc2)CN1CC1CCCN(c2cccc(C(F)(F)F)n2)C1. The number of rotatable bonds is 12. The first kappa shape index (κ1) is 34.1. The number of benzene rings is 3. The number of hydrogen-bond donors (Lipinski definition) is 0. The first-order valence-electron chi connectivity index (χ1n) is 16.8. The number of likely N-dealkylation sites (tertiary alicyclic amines) is 1. The summed E-state index contributed by atoms with van der Waals surface area (Å²) in [5.41, 5.74) is 2.40. The number of nitrogens with zero attached hydrogens (tertiary/aromatic N) is 3. The van der Waals surface area contributed by atoms with E-state index < -0.39 is 11.9 Å². The highest BCUT2D eigenvalue weighted by Crippen LogP contribution is 2.33. The number of halogens is 3. The molecule has 1 aromatic heterocycles. The van der Waals surface area contributed by atoms with Gasteiger partial charge >= 0.3 is 6.18 Å². The molecule has 0 bridgehead atoms. The Morgan fingerprint density at radius 3 is 1.83 bits per heavy atom. The van der Waals surface area contributed by atoms with Gasteiger partial charge in [-0.1, -0.05) is 97.1 Å². The zero-order chi connectivity index (χ0) is 33.3. The van der Waals surface area contributed by atoms with E-state index in [9.17, 15) is 13.2 Å². The minimum atomic E-state index is -4.48. The fraction of sp³-hybridized carbons (Fsp3) is 0.410. The van der Waals surface area contributed by atoms with Crippen LogP contribution in [0.15, 0.2) is 109 Å². The summed E-state index contributed by atoms with van der Waals surface area (Å²) in [4.78, 5) is 8.41. The van der Waals surface area contributed by atoms with Crippen LogP contribution in [0.25, 0.3) is 0 Å². The van der Waals surface area contributed by atoms with Crippen LogP contribution in [0.4, 0.5) is 19.0 Å². The zero-order valence-electron chi connectivity index (χ0n) is 27.3. The summed E-state index contributed by atoms with van der Waals surface area (Å²) in [6.45, 7) is 6.25. The number of piperidine rings is 2. The maximum atomic E-state index is 13.4. The largest absolute Gasteiger partial charge is 0.433 e. The molecule has 0 amide bonds. The van der Waals surface area contributed by atoms with Crippen LogP contribution in [-0.2, 0) is 40.2 Å². The Bertz CT molecular complexity index is 1540. The van der Waals surface area contributed by atoms with Crippen LogP contribution in [0.3, 0.4) is 0 Å². The first-order valence-corrected chi connectivity index (χ1v) is 16.8. The summed E-state index contributed by atoms with van der Waals surface area (Å²) in [6, 6.07) is 34.6. The third-order valence-electron chi connectivity index (χ3n) is 9.39. The van der Waals surface area contributed by atoms with Gasteiger partial charge < -0.3 is 19.1 Å². The molecule has 0 spiro atoms. The Kier molecular flexibility index (Phi) is 11.4. The number of aromatic nitrogens is 1. The second kappa shape index (κ2) is 16.1.